The van der Waals surface area contributed by atoms with Crippen molar-refractivity contribution in [2.75, 3.05) is 5.32 Å². The Hall–Kier alpha value is -1.80. The second kappa shape index (κ2) is 5.02. The van der Waals surface area contributed by atoms with Crippen LogP contribution < -0.4 is 5.32 Å². The zero-order chi connectivity index (χ0) is 12.3. The predicted molar refractivity (Wildman–Crippen MR) is 69.5 cm³/mol. The zero-order valence-corrected chi connectivity index (χ0v) is 10.8. The minimum atomic E-state index is 0.0780. The van der Waals surface area contributed by atoms with Gasteiger partial charge in [-0.25, -0.2) is 4.98 Å². The van der Waals surface area contributed by atoms with E-state index >= 15 is 0 Å². The summed E-state index contributed by atoms with van der Waals surface area (Å²) in [7, 11) is 0. The van der Waals surface area contributed by atoms with Crippen LogP contribution in [0.3, 0.4) is 0 Å². The lowest BCUT2D eigenvalue weighted by Crippen LogP contribution is -2.08. The van der Waals surface area contributed by atoms with Gasteiger partial charge in [-0.3, -0.25) is 0 Å². The Morgan fingerprint density at radius 3 is 2.94 bits per heavy atom. The maximum atomic E-state index is 8.78. The van der Waals surface area contributed by atoms with Crippen molar-refractivity contribution in [3.8, 4) is 6.07 Å². The van der Waals surface area contributed by atoms with Crippen molar-refractivity contribution < 1.29 is 0 Å². The first-order chi connectivity index (χ1) is 8.20. The number of anilines is 1. The Labute approximate surface area is 108 Å². The molecule has 1 heterocycles. The summed E-state index contributed by atoms with van der Waals surface area (Å²) in [6.45, 7) is 2.02. The Morgan fingerprint density at radius 2 is 2.35 bits per heavy atom. The number of nitriles is 1. The van der Waals surface area contributed by atoms with Gasteiger partial charge in [0.1, 0.15) is 5.82 Å². The Bertz CT molecular complexity index is 542. The topological polar surface area (TPSA) is 64.5 Å². The highest BCUT2D eigenvalue weighted by Gasteiger charge is 2.09. The molecule has 0 amide bonds. The molecule has 2 aromatic rings. The van der Waals surface area contributed by atoms with E-state index in [2.05, 4.69) is 37.3 Å². The van der Waals surface area contributed by atoms with Crippen molar-refractivity contribution in [1.29, 1.82) is 5.26 Å². The summed E-state index contributed by atoms with van der Waals surface area (Å²) in [4.78, 5) is 7.25. The fourth-order valence-electron chi connectivity index (χ4n) is 1.52. The molecule has 0 aliphatic heterocycles. The van der Waals surface area contributed by atoms with Crippen LogP contribution in [0.2, 0.25) is 0 Å². The highest BCUT2D eigenvalue weighted by atomic mass is 79.9. The van der Waals surface area contributed by atoms with Crippen molar-refractivity contribution in [3.05, 3.63) is 46.5 Å². The fraction of sp³-hybridized carbons (Fsp3) is 0.167. The first-order valence-corrected chi connectivity index (χ1v) is 5.95. The van der Waals surface area contributed by atoms with Gasteiger partial charge in [0.25, 0.3) is 0 Å². The molecule has 1 aromatic carbocycles. The number of rotatable bonds is 3. The molecular weight excluding hydrogens is 280 g/mol. The lowest BCUT2D eigenvalue weighted by atomic mass is 10.2. The van der Waals surface area contributed by atoms with Gasteiger partial charge < -0.3 is 10.3 Å². The van der Waals surface area contributed by atoms with Crippen LogP contribution in [0, 0.1) is 11.3 Å². The van der Waals surface area contributed by atoms with Crippen LogP contribution in [-0.2, 0) is 0 Å². The van der Waals surface area contributed by atoms with E-state index in [0.29, 0.717) is 5.56 Å². The third-order valence-electron chi connectivity index (χ3n) is 2.40. The summed E-state index contributed by atoms with van der Waals surface area (Å²) in [5, 5.41) is 12.1. The highest BCUT2D eigenvalue weighted by molar-refractivity contribution is 9.10. The third kappa shape index (κ3) is 2.66. The maximum Gasteiger partial charge on any atom is 0.128 e. The number of nitrogens with one attached hydrogen (secondary N) is 2. The lowest BCUT2D eigenvalue weighted by molar-refractivity contribution is 0.809. The molecular formula is C12H11BrN4. The van der Waals surface area contributed by atoms with Gasteiger partial charge in [0.05, 0.1) is 17.7 Å². The van der Waals surface area contributed by atoms with E-state index in [1.54, 1.807) is 24.5 Å². The normalized spacial score (nSPS) is 11.8. The number of aromatic nitrogens is 2. The molecule has 0 spiro atoms. The molecule has 0 aliphatic carbocycles. The van der Waals surface area contributed by atoms with Crippen LogP contribution in [-0.4, -0.2) is 9.97 Å². The van der Waals surface area contributed by atoms with Gasteiger partial charge >= 0.3 is 0 Å². The largest absolute Gasteiger partial charge is 0.374 e. The molecule has 2 rings (SSSR count). The average Bonchev–Trinajstić information content (AvgIpc) is 2.85. The Kier molecular flexibility index (Phi) is 3.45. The molecule has 1 aromatic heterocycles. The van der Waals surface area contributed by atoms with Gasteiger partial charge in [-0.15, -0.1) is 0 Å². The molecule has 0 radical (unpaired) electrons. The predicted octanol–water partition coefficient (Wildman–Crippen LogP) is 3.22. The molecule has 4 nitrogen and oxygen atoms in total. The first kappa shape index (κ1) is 11.7. The van der Waals surface area contributed by atoms with Crippen molar-refractivity contribution >= 4 is 21.6 Å². The molecule has 0 saturated heterocycles. The van der Waals surface area contributed by atoms with Crippen LogP contribution in [0.15, 0.2) is 35.1 Å². The standard InChI is InChI=1S/C12H11BrN4/c1-8(12-15-4-5-16-12)17-11-3-2-9(7-14)6-10(11)13/h2-6,8,17H,1H3,(H,15,16). The molecule has 0 fully saturated rings. The van der Waals surface area contributed by atoms with Gasteiger partial charge in [0.15, 0.2) is 0 Å². The van der Waals surface area contributed by atoms with Crippen LogP contribution >= 0.6 is 15.9 Å². The number of halogens is 1. The average molecular weight is 291 g/mol. The minimum Gasteiger partial charge on any atom is -0.374 e. The molecule has 5 heteroatoms. The molecule has 2 N–H and O–H groups in total. The third-order valence-corrected chi connectivity index (χ3v) is 3.06. The second-order valence-corrected chi connectivity index (χ2v) is 4.50. The minimum absolute atomic E-state index is 0.0780. The summed E-state index contributed by atoms with van der Waals surface area (Å²) >= 11 is 3.44. The van der Waals surface area contributed by atoms with Crippen LogP contribution in [0.5, 0.6) is 0 Å². The van der Waals surface area contributed by atoms with E-state index in [1.807, 2.05) is 13.0 Å². The number of hydrogen-bond donors (Lipinski definition) is 2. The van der Waals surface area contributed by atoms with Crippen molar-refractivity contribution in [3.63, 3.8) is 0 Å². The van der Waals surface area contributed by atoms with Gasteiger partial charge in [-0.05, 0) is 41.1 Å². The van der Waals surface area contributed by atoms with Gasteiger partial charge in [-0.2, -0.15) is 5.26 Å². The molecule has 0 bridgehead atoms. The summed E-state index contributed by atoms with van der Waals surface area (Å²) < 4.78 is 0.870. The number of hydrogen-bond acceptors (Lipinski definition) is 3. The monoisotopic (exact) mass is 290 g/mol. The van der Waals surface area contributed by atoms with Gasteiger partial charge in [-0.1, -0.05) is 0 Å². The van der Waals surface area contributed by atoms with Crippen LogP contribution in [0.25, 0.3) is 0 Å². The summed E-state index contributed by atoms with van der Waals surface area (Å²) in [6, 6.07) is 7.62. The highest BCUT2D eigenvalue weighted by Crippen LogP contribution is 2.26. The van der Waals surface area contributed by atoms with E-state index in [4.69, 9.17) is 5.26 Å². The molecule has 1 unspecified atom stereocenters. The van der Waals surface area contributed by atoms with Crippen molar-refractivity contribution in [2.24, 2.45) is 0 Å². The molecule has 1 atom stereocenters. The van der Waals surface area contributed by atoms with Crippen LogP contribution in [0.4, 0.5) is 5.69 Å². The van der Waals surface area contributed by atoms with Crippen molar-refractivity contribution in [1.82, 2.24) is 9.97 Å². The lowest BCUT2D eigenvalue weighted by Gasteiger charge is -2.14. The summed E-state index contributed by atoms with van der Waals surface area (Å²) in [5.74, 6) is 0.876. The fourth-order valence-corrected chi connectivity index (χ4v) is 2.01. The molecule has 17 heavy (non-hydrogen) atoms. The number of benzene rings is 1. The van der Waals surface area contributed by atoms with E-state index < -0.39 is 0 Å². The van der Waals surface area contributed by atoms with E-state index in [9.17, 15) is 0 Å². The molecule has 0 saturated carbocycles. The summed E-state index contributed by atoms with van der Waals surface area (Å²) in [5.41, 5.74) is 1.57. The Morgan fingerprint density at radius 1 is 1.53 bits per heavy atom. The zero-order valence-electron chi connectivity index (χ0n) is 9.24. The van der Waals surface area contributed by atoms with E-state index in [-0.39, 0.29) is 6.04 Å². The summed E-state index contributed by atoms with van der Waals surface area (Å²) in [6.07, 6.45) is 3.52. The number of imidazole rings is 1. The maximum absolute atomic E-state index is 8.78. The number of aromatic amines is 1. The number of H-pyrrole nitrogens is 1. The quantitative estimate of drug-likeness (QED) is 0.912. The van der Waals surface area contributed by atoms with Crippen LogP contribution in [0.1, 0.15) is 24.4 Å². The van der Waals surface area contributed by atoms with Gasteiger partial charge in [0.2, 0.25) is 0 Å². The van der Waals surface area contributed by atoms with Gasteiger partial charge in [0, 0.05) is 22.6 Å². The van der Waals surface area contributed by atoms with E-state index in [0.717, 1.165) is 16.0 Å². The Balaban J connectivity index is 2.17. The molecule has 86 valence electrons. The smallest absolute Gasteiger partial charge is 0.128 e. The SMILES string of the molecule is CC(Nc1ccc(C#N)cc1Br)c1ncc[nH]1. The second-order valence-electron chi connectivity index (χ2n) is 3.65. The number of nitrogens with zero attached hydrogens (tertiary/aromatic N) is 2. The van der Waals surface area contributed by atoms with E-state index in [1.165, 1.54) is 0 Å². The molecule has 0 aliphatic rings. The first-order valence-electron chi connectivity index (χ1n) is 5.16. The van der Waals surface area contributed by atoms with Crippen molar-refractivity contribution in [2.45, 2.75) is 13.0 Å².